The van der Waals surface area contributed by atoms with E-state index in [1.54, 1.807) is 14.2 Å². The summed E-state index contributed by atoms with van der Waals surface area (Å²) in [5.41, 5.74) is 3.60. The lowest BCUT2D eigenvalue weighted by molar-refractivity contribution is 0.383. The van der Waals surface area contributed by atoms with Crippen LogP contribution < -0.4 is 20.7 Å². The fraction of sp³-hybridized carbons (Fsp3) is 0.286. The minimum absolute atomic E-state index is 0.293. The highest BCUT2D eigenvalue weighted by molar-refractivity contribution is 5.44. The molecule has 0 aliphatic carbocycles. The predicted octanol–water partition coefficient (Wildman–Crippen LogP) is 2.16. The average molecular weight is 262 g/mol. The molecule has 1 unspecified atom stereocenters. The smallest absolute Gasteiger partial charge is 0.127 e. The van der Waals surface area contributed by atoms with Crippen molar-refractivity contribution >= 4 is 0 Å². The van der Waals surface area contributed by atoms with Gasteiger partial charge in [-0.25, -0.2) is 5.43 Å². The topological polar surface area (TPSA) is 69.7 Å². The lowest BCUT2D eigenvalue weighted by Gasteiger charge is -2.18. The van der Waals surface area contributed by atoms with Gasteiger partial charge in [0.15, 0.2) is 0 Å². The Morgan fingerprint density at radius 2 is 1.95 bits per heavy atom. The number of methoxy groups -OCH3 is 2. The van der Waals surface area contributed by atoms with Crippen molar-refractivity contribution in [3.8, 4) is 11.5 Å². The number of rotatable bonds is 5. The quantitative estimate of drug-likeness (QED) is 0.638. The third-order valence-electron chi connectivity index (χ3n) is 2.96. The predicted molar refractivity (Wildman–Crippen MR) is 72.2 cm³/mol. The van der Waals surface area contributed by atoms with Crippen LogP contribution in [0, 0.1) is 6.92 Å². The van der Waals surface area contributed by atoms with E-state index >= 15 is 0 Å². The summed E-state index contributed by atoms with van der Waals surface area (Å²) in [6.07, 6.45) is 0. The Bertz CT molecular complexity index is 551. The van der Waals surface area contributed by atoms with E-state index in [9.17, 15) is 0 Å². The zero-order valence-electron chi connectivity index (χ0n) is 11.3. The highest BCUT2D eigenvalue weighted by Crippen LogP contribution is 2.33. The summed E-state index contributed by atoms with van der Waals surface area (Å²) in [7, 11) is 3.24. The van der Waals surface area contributed by atoms with Crippen LogP contribution in [0.5, 0.6) is 11.5 Å². The van der Waals surface area contributed by atoms with Gasteiger partial charge in [-0.1, -0.05) is 0 Å². The van der Waals surface area contributed by atoms with Crippen molar-refractivity contribution in [2.45, 2.75) is 13.0 Å². The van der Waals surface area contributed by atoms with Gasteiger partial charge in [0.25, 0.3) is 0 Å². The largest absolute Gasteiger partial charge is 0.497 e. The van der Waals surface area contributed by atoms with Gasteiger partial charge in [0, 0.05) is 5.56 Å². The molecule has 0 fully saturated rings. The number of aryl methyl sites for hydroxylation is 1. The number of furan rings is 1. The summed E-state index contributed by atoms with van der Waals surface area (Å²) in [5, 5.41) is 0. The van der Waals surface area contributed by atoms with E-state index in [4.69, 9.17) is 19.7 Å². The fourth-order valence-electron chi connectivity index (χ4n) is 2.00. The molecule has 3 N–H and O–H groups in total. The Labute approximate surface area is 112 Å². The molecule has 0 saturated carbocycles. The van der Waals surface area contributed by atoms with Crippen LogP contribution in [0.15, 0.2) is 34.7 Å². The Hall–Kier alpha value is -1.98. The van der Waals surface area contributed by atoms with Gasteiger partial charge >= 0.3 is 0 Å². The first-order chi connectivity index (χ1) is 9.19. The lowest BCUT2D eigenvalue weighted by Crippen LogP contribution is -2.28. The lowest BCUT2D eigenvalue weighted by atomic mass is 10.0. The van der Waals surface area contributed by atoms with Crippen LogP contribution in [0.4, 0.5) is 0 Å². The van der Waals surface area contributed by atoms with Crippen molar-refractivity contribution in [2.75, 3.05) is 14.2 Å². The van der Waals surface area contributed by atoms with Crippen LogP contribution in [0.2, 0.25) is 0 Å². The molecular formula is C14H18N2O3. The molecule has 0 aliphatic rings. The Morgan fingerprint density at radius 1 is 1.16 bits per heavy atom. The molecule has 1 heterocycles. The minimum atomic E-state index is -0.293. The molecule has 1 atom stereocenters. The zero-order valence-corrected chi connectivity index (χ0v) is 11.3. The molecule has 0 radical (unpaired) electrons. The number of ether oxygens (including phenoxy) is 2. The van der Waals surface area contributed by atoms with E-state index in [1.165, 1.54) is 0 Å². The fourth-order valence-corrected chi connectivity index (χ4v) is 2.00. The summed E-state index contributed by atoms with van der Waals surface area (Å²) in [5.74, 6) is 8.67. The molecule has 1 aromatic carbocycles. The summed E-state index contributed by atoms with van der Waals surface area (Å²) in [4.78, 5) is 0. The Balaban J connectivity index is 2.47. The van der Waals surface area contributed by atoms with Crippen LogP contribution in [0.25, 0.3) is 0 Å². The van der Waals surface area contributed by atoms with Crippen LogP contribution in [-0.2, 0) is 0 Å². The maximum Gasteiger partial charge on any atom is 0.127 e. The van der Waals surface area contributed by atoms with E-state index in [2.05, 4.69) is 5.43 Å². The summed E-state index contributed by atoms with van der Waals surface area (Å²) < 4.78 is 16.2. The van der Waals surface area contributed by atoms with Crippen molar-refractivity contribution in [2.24, 2.45) is 5.84 Å². The van der Waals surface area contributed by atoms with Crippen LogP contribution in [-0.4, -0.2) is 14.2 Å². The standard InChI is InChI=1S/C14H18N2O3/c1-9-4-6-13(19-9)14(16-15)11-8-10(17-2)5-7-12(11)18-3/h4-8,14,16H,15H2,1-3H3. The van der Waals surface area contributed by atoms with E-state index in [-0.39, 0.29) is 6.04 Å². The van der Waals surface area contributed by atoms with Crippen molar-refractivity contribution in [1.82, 2.24) is 5.43 Å². The molecule has 0 amide bonds. The molecule has 2 aromatic rings. The van der Waals surface area contributed by atoms with Crippen molar-refractivity contribution in [1.29, 1.82) is 0 Å². The van der Waals surface area contributed by atoms with Gasteiger partial charge < -0.3 is 13.9 Å². The molecule has 5 heteroatoms. The van der Waals surface area contributed by atoms with Gasteiger partial charge in [0.1, 0.15) is 29.1 Å². The van der Waals surface area contributed by atoms with Gasteiger partial charge in [-0.2, -0.15) is 0 Å². The highest BCUT2D eigenvalue weighted by Gasteiger charge is 2.20. The highest BCUT2D eigenvalue weighted by atomic mass is 16.5. The molecule has 2 rings (SSSR count). The maximum atomic E-state index is 5.65. The summed E-state index contributed by atoms with van der Waals surface area (Å²) in [6, 6.07) is 9.04. The number of nitrogens with two attached hydrogens (primary N) is 1. The van der Waals surface area contributed by atoms with Crippen molar-refractivity contribution < 1.29 is 13.9 Å². The molecule has 0 saturated heterocycles. The number of benzene rings is 1. The number of hydrazine groups is 1. The van der Waals surface area contributed by atoms with Crippen molar-refractivity contribution in [3.63, 3.8) is 0 Å². The number of hydrogen-bond donors (Lipinski definition) is 2. The van der Waals surface area contributed by atoms with Gasteiger partial charge in [0.05, 0.1) is 14.2 Å². The molecular weight excluding hydrogens is 244 g/mol. The maximum absolute atomic E-state index is 5.65. The first-order valence-electron chi connectivity index (χ1n) is 5.94. The second-order valence-electron chi connectivity index (χ2n) is 4.16. The Morgan fingerprint density at radius 3 is 2.47 bits per heavy atom. The van der Waals surface area contributed by atoms with Gasteiger partial charge in [-0.05, 0) is 37.3 Å². The van der Waals surface area contributed by atoms with Crippen LogP contribution in [0.3, 0.4) is 0 Å². The molecule has 0 aliphatic heterocycles. The first kappa shape index (κ1) is 13.5. The normalized spacial score (nSPS) is 12.2. The SMILES string of the molecule is COc1ccc(OC)c(C(NN)c2ccc(C)o2)c1. The molecule has 5 nitrogen and oxygen atoms in total. The van der Waals surface area contributed by atoms with Crippen LogP contribution in [0.1, 0.15) is 23.1 Å². The third-order valence-corrected chi connectivity index (χ3v) is 2.96. The van der Waals surface area contributed by atoms with Crippen LogP contribution >= 0.6 is 0 Å². The van der Waals surface area contributed by atoms with Gasteiger partial charge in [-0.3, -0.25) is 5.84 Å². The van der Waals surface area contributed by atoms with E-state index in [0.717, 1.165) is 28.6 Å². The van der Waals surface area contributed by atoms with E-state index in [1.807, 2.05) is 37.3 Å². The van der Waals surface area contributed by atoms with Gasteiger partial charge in [0.2, 0.25) is 0 Å². The second kappa shape index (κ2) is 5.77. The monoisotopic (exact) mass is 262 g/mol. The number of nitrogens with one attached hydrogen (secondary N) is 1. The summed E-state index contributed by atoms with van der Waals surface area (Å²) >= 11 is 0. The van der Waals surface area contributed by atoms with Crippen molar-refractivity contribution in [3.05, 3.63) is 47.4 Å². The Kier molecular flexibility index (Phi) is 4.09. The molecule has 19 heavy (non-hydrogen) atoms. The van der Waals surface area contributed by atoms with Gasteiger partial charge in [-0.15, -0.1) is 0 Å². The zero-order chi connectivity index (χ0) is 13.8. The first-order valence-corrected chi connectivity index (χ1v) is 5.94. The molecule has 102 valence electrons. The minimum Gasteiger partial charge on any atom is -0.497 e. The van der Waals surface area contributed by atoms with E-state index < -0.39 is 0 Å². The molecule has 0 spiro atoms. The molecule has 1 aromatic heterocycles. The third kappa shape index (κ3) is 2.72. The summed E-state index contributed by atoms with van der Waals surface area (Å²) in [6.45, 7) is 1.89. The second-order valence-corrected chi connectivity index (χ2v) is 4.16. The average Bonchev–Trinajstić information content (AvgIpc) is 2.86. The number of hydrogen-bond acceptors (Lipinski definition) is 5. The van der Waals surface area contributed by atoms with E-state index in [0.29, 0.717) is 0 Å². The molecule has 0 bridgehead atoms.